The quantitative estimate of drug-likeness (QED) is 0.749. The van der Waals surface area contributed by atoms with Crippen LogP contribution in [0.15, 0.2) is 46.9 Å². The van der Waals surface area contributed by atoms with Crippen molar-refractivity contribution in [1.82, 2.24) is 5.32 Å². The first kappa shape index (κ1) is 14.9. The lowest BCUT2D eigenvalue weighted by atomic mass is 10.1. The Labute approximate surface area is 132 Å². The molecule has 1 unspecified atom stereocenters. The second-order valence-electron chi connectivity index (χ2n) is 4.39. The van der Waals surface area contributed by atoms with E-state index < -0.39 is 0 Å². The van der Waals surface area contributed by atoms with Crippen LogP contribution in [0.1, 0.15) is 24.1 Å². The fourth-order valence-electron chi connectivity index (χ4n) is 1.84. The molecule has 0 spiro atoms. The SMILES string of the molecule is CC(NCc1cc(Cl)ccc1Br)c1cccc(Cl)c1. The molecule has 0 saturated heterocycles. The van der Waals surface area contributed by atoms with E-state index in [9.17, 15) is 0 Å². The summed E-state index contributed by atoms with van der Waals surface area (Å²) in [6.45, 7) is 2.86. The topological polar surface area (TPSA) is 12.0 Å². The predicted molar refractivity (Wildman–Crippen MR) is 85.9 cm³/mol. The van der Waals surface area contributed by atoms with Gasteiger partial charge < -0.3 is 5.32 Å². The van der Waals surface area contributed by atoms with Crippen LogP contribution in [0.5, 0.6) is 0 Å². The molecule has 4 heteroatoms. The summed E-state index contributed by atoms with van der Waals surface area (Å²) in [5.74, 6) is 0. The molecule has 1 atom stereocenters. The van der Waals surface area contributed by atoms with Crippen molar-refractivity contribution in [2.75, 3.05) is 0 Å². The smallest absolute Gasteiger partial charge is 0.0410 e. The van der Waals surface area contributed by atoms with Gasteiger partial charge in [0.05, 0.1) is 0 Å². The Kier molecular flexibility index (Phi) is 5.28. The van der Waals surface area contributed by atoms with E-state index >= 15 is 0 Å². The van der Waals surface area contributed by atoms with Crippen LogP contribution in [0.4, 0.5) is 0 Å². The first-order valence-corrected chi connectivity index (χ1v) is 7.54. The zero-order chi connectivity index (χ0) is 13.8. The van der Waals surface area contributed by atoms with Crippen LogP contribution in [0.2, 0.25) is 10.0 Å². The lowest BCUT2D eigenvalue weighted by molar-refractivity contribution is 0.574. The first-order valence-electron chi connectivity index (χ1n) is 5.99. The third-order valence-corrected chi connectivity index (χ3v) is 4.20. The van der Waals surface area contributed by atoms with E-state index in [2.05, 4.69) is 34.2 Å². The summed E-state index contributed by atoms with van der Waals surface area (Å²) in [5, 5.41) is 4.97. The monoisotopic (exact) mass is 357 g/mol. The fraction of sp³-hybridized carbons (Fsp3) is 0.200. The standard InChI is InChI=1S/C15H14BrCl2N/c1-10(11-3-2-4-13(17)7-11)19-9-12-8-14(18)5-6-15(12)16/h2-8,10,19H,9H2,1H3. The molecule has 0 heterocycles. The lowest BCUT2D eigenvalue weighted by Crippen LogP contribution is -2.18. The van der Waals surface area contributed by atoms with Gasteiger partial charge in [-0.25, -0.2) is 0 Å². The maximum absolute atomic E-state index is 6.00. The number of hydrogen-bond donors (Lipinski definition) is 1. The van der Waals surface area contributed by atoms with Crippen molar-refractivity contribution in [3.63, 3.8) is 0 Å². The van der Waals surface area contributed by atoms with Gasteiger partial charge in [0.25, 0.3) is 0 Å². The Balaban J connectivity index is 2.04. The van der Waals surface area contributed by atoms with Crippen LogP contribution < -0.4 is 5.32 Å². The molecule has 0 bridgehead atoms. The Hall–Kier alpha value is -0.540. The normalized spacial score (nSPS) is 12.4. The van der Waals surface area contributed by atoms with Gasteiger partial charge in [-0.15, -0.1) is 0 Å². The summed E-state index contributed by atoms with van der Waals surface area (Å²) in [6.07, 6.45) is 0. The summed E-state index contributed by atoms with van der Waals surface area (Å²) >= 11 is 15.5. The highest BCUT2D eigenvalue weighted by molar-refractivity contribution is 9.10. The fourth-order valence-corrected chi connectivity index (χ4v) is 2.62. The van der Waals surface area contributed by atoms with Crippen LogP contribution in [0, 0.1) is 0 Å². The Morgan fingerprint density at radius 2 is 1.84 bits per heavy atom. The largest absolute Gasteiger partial charge is 0.306 e. The molecule has 0 aliphatic rings. The van der Waals surface area contributed by atoms with Gasteiger partial charge in [0.1, 0.15) is 0 Å². The van der Waals surface area contributed by atoms with Crippen molar-refractivity contribution in [3.05, 3.63) is 68.1 Å². The second kappa shape index (κ2) is 6.76. The Morgan fingerprint density at radius 1 is 1.11 bits per heavy atom. The third-order valence-electron chi connectivity index (χ3n) is 2.96. The van der Waals surface area contributed by atoms with E-state index in [0.717, 1.165) is 26.6 Å². The Bertz CT molecular complexity index is 572. The molecule has 0 aromatic heterocycles. The minimum Gasteiger partial charge on any atom is -0.306 e. The van der Waals surface area contributed by atoms with E-state index in [0.29, 0.717) is 0 Å². The third kappa shape index (κ3) is 4.22. The zero-order valence-corrected chi connectivity index (χ0v) is 13.6. The van der Waals surface area contributed by atoms with Gasteiger partial charge >= 0.3 is 0 Å². The van der Waals surface area contributed by atoms with Crippen molar-refractivity contribution in [1.29, 1.82) is 0 Å². The minimum absolute atomic E-state index is 0.226. The van der Waals surface area contributed by atoms with Crippen LogP contribution >= 0.6 is 39.1 Å². The Morgan fingerprint density at radius 3 is 2.58 bits per heavy atom. The molecule has 0 radical (unpaired) electrons. The van der Waals surface area contributed by atoms with E-state index in [4.69, 9.17) is 23.2 Å². The van der Waals surface area contributed by atoms with Gasteiger partial charge in [-0.1, -0.05) is 51.3 Å². The average Bonchev–Trinajstić information content (AvgIpc) is 2.39. The zero-order valence-electron chi connectivity index (χ0n) is 10.5. The van der Waals surface area contributed by atoms with Gasteiger partial charge in [-0.05, 0) is 48.4 Å². The van der Waals surface area contributed by atoms with Crippen LogP contribution in [-0.4, -0.2) is 0 Å². The van der Waals surface area contributed by atoms with Gasteiger partial charge in [-0.2, -0.15) is 0 Å². The lowest BCUT2D eigenvalue weighted by Gasteiger charge is -2.15. The molecule has 0 amide bonds. The molecular formula is C15H14BrCl2N. The molecular weight excluding hydrogens is 345 g/mol. The van der Waals surface area contributed by atoms with E-state index in [1.165, 1.54) is 5.56 Å². The van der Waals surface area contributed by atoms with Crippen LogP contribution in [0.25, 0.3) is 0 Å². The highest BCUT2D eigenvalue weighted by Gasteiger charge is 2.07. The first-order chi connectivity index (χ1) is 9.06. The highest BCUT2D eigenvalue weighted by atomic mass is 79.9. The summed E-state index contributed by atoms with van der Waals surface area (Å²) in [4.78, 5) is 0. The summed E-state index contributed by atoms with van der Waals surface area (Å²) < 4.78 is 1.06. The van der Waals surface area contributed by atoms with Gasteiger partial charge in [-0.3, -0.25) is 0 Å². The van der Waals surface area contributed by atoms with Crippen molar-refractivity contribution in [2.24, 2.45) is 0 Å². The second-order valence-corrected chi connectivity index (χ2v) is 6.12. The van der Waals surface area contributed by atoms with Crippen LogP contribution in [-0.2, 0) is 6.54 Å². The number of hydrogen-bond acceptors (Lipinski definition) is 1. The molecule has 0 aliphatic heterocycles. The van der Waals surface area contributed by atoms with E-state index in [-0.39, 0.29) is 6.04 Å². The minimum atomic E-state index is 0.226. The van der Waals surface area contributed by atoms with E-state index in [1.807, 2.05) is 36.4 Å². The number of nitrogens with one attached hydrogen (secondary N) is 1. The van der Waals surface area contributed by atoms with Gasteiger partial charge in [0.15, 0.2) is 0 Å². The molecule has 100 valence electrons. The van der Waals surface area contributed by atoms with Crippen LogP contribution in [0.3, 0.4) is 0 Å². The maximum atomic E-state index is 6.00. The molecule has 0 fully saturated rings. The number of rotatable bonds is 4. The van der Waals surface area contributed by atoms with Crippen molar-refractivity contribution in [3.8, 4) is 0 Å². The number of halogens is 3. The highest BCUT2D eigenvalue weighted by Crippen LogP contribution is 2.23. The predicted octanol–water partition coefficient (Wildman–Crippen LogP) is 5.61. The van der Waals surface area contributed by atoms with Crippen molar-refractivity contribution in [2.45, 2.75) is 19.5 Å². The molecule has 2 aromatic carbocycles. The average molecular weight is 359 g/mol. The van der Waals surface area contributed by atoms with Crippen molar-refractivity contribution < 1.29 is 0 Å². The molecule has 0 aliphatic carbocycles. The van der Waals surface area contributed by atoms with Gasteiger partial charge in [0, 0.05) is 27.1 Å². The number of benzene rings is 2. The summed E-state index contributed by atoms with van der Waals surface area (Å²) in [7, 11) is 0. The summed E-state index contributed by atoms with van der Waals surface area (Å²) in [5.41, 5.74) is 2.31. The molecule has 2 rings (SSSR count). The van der Waals surface area contributed by atoms with E-state index in [1.54, 1.807) is 0 Å². The van der Waals surface area contributed by atoms with Crippen molar-refractivity contribution >= 4 is 39.1 Å². The molecule has 2 aromatic rings. The van der Waals surface area contributed by atoms with Gasteiger partial charge in [0.2, 0.25) is 0 Å². The molecule has 0 saturated carbocycles. The maximum Gasteiger partial charge on any atom is 0.0410 e. The molecule has 19 heavy (non-hydrogen) atoms. The summed E-state index contributed by atoms with van der Waals surface area (Å²) in [6, 6.07) is 13.9. The molecule has 1 N–H and O–H groups in total. The molecule has 1 nitrogen and oxygen atoms in total.